The molecule has 25 heavy (non-hydrogen) atoms. The summed E-state index contributed by atoms with van der Waals surface area (Å²) < 4.78 is 5.20. The number of rotatable bonds is 3. The number of esters is 1. The summed E-state index contributed by atoms with van der Waals surface area (Å²) in [4.78, 5) is 24.7. The summed E-state index contributed by atoms with van der Waals surface area (Å²) in [5, 5.41) is 6.16. The van der Waals surface area contributed by atoms with E-state index in [9.17, 15) is 9.59 Å². The molecule has 0 fully saturated rings. The Morgan fingerprint density at radius 2 is 2.20 bits per heavy atom. The number of allylic oxidation sites excluding steroid dienone is 2. The summed E-state index contributed by atoms with van der Waals surface area (Å²) in [6.45, 7) is 2.16. The van der Waals surface area contributed by atoms with Gasteiger partial charge >= 0.3 is 5.97 Å². The van der Waals surface area contributed by atoms with Crippen LogP contribution in [0.3, 0.4) is 0 Å². The van der Waals surface area contributed by atoms with Gasteiger partial charge in [-0.1, -0.05) is 24.3 Å². The summed E-state index contributed by atoms with van der Waals surface area (Å²) in [6.07, 6.45) is 6.89. The minimum atomic E-state index is -0.471. The predicted octanol–water partition coefficient (Wildman–Crippen LogP) is 2.92. The molecule has 1 aliphatic carbocycles. The summed E-state index contributed by atoms with van der Waals surface area (Å²) >= 11 is 0. The molecular formula is C20H20N2O3. The van der Waals surface area contributed by atoms with Gasteiger partial charge in [0.25, 0.3) is 5.91 Å². The van der Waals surface area contributed by atoms with Crippen molar-refractivity contribution in [2.24, 2.45) is 0 Å². The number of carbonyl (C=O) groups is 2. The summed E-state index contributed by atoms with van der Waals surface area (Å²) in [6, 6.07) is 7.17. The highest BCUT2D eigenvalue weighted by Gasteiger charge is 2.36. The average Bonchev–Trinajstić information content (AvgIpc) is 3.14. The molecule has 2 N–H and O–H groups in total. The Hall–Kier alpha value is -2.82. The zero-order valence-electron chi connectivity index (χ0n) is 14.1. The van der Waals surface area contributed by atoms with Crippen molar-refractivity contribution < 1.29 is 14.3 Å². The number of hydrogen-bond acceptors (Lipinski definition) is 4. The molecule has 3 aliphatic rings. The molecule has 2 heterocycles. The SMILES string of the molecule is CCOC(=O)C1NC(C=C2C(=O)Nc3ccccc32)=C2CCCC=C21. The second kappa shape index (κ2) is 6.24. The van der Waals surface area contributed by atoms with Crippen molar-refractivity contribution in [2.45, 2.75) is 32.2 Å². The van der Waals surface area contributed by atoms with Crippen LogP contribution < -0.4 is 10.6 Å². The fourth-order valence-corrected chi connectivity index (χ4v) is 3.67. The van der Waals surface area contributed by atoms with Gasteiger partial charge in [-0.15, -0.1) is 0 Å². The van der Waals surface area contributed by atoms with Crippen molar-refractivity contribution in [3.63, 3.8) is 0 Å². The summed E-state index contributed by atoms with van der Waals surface area (Å²) in [5.74, 6) is -0.380. The minimum absolute atomic E-state index is 0.114. The molecule has 5 nitrogen and oxygen atoms in total. The van der Waals surface area contributed by atoms with Gasteiger partial charge in [0, 0.05) is 16.9 Å². The van der Waals surface area contributed by atoms with Gasteiger partial charge in [0.2, 0.25) is 0 Å². The van der Waals surface area contributed by atoms with Crippen LogP contribution in [0.15, 0.2) is 53.3 Å². The number of nitrogens with one attached hydrogen (secondary N) is 2. The van der Waals surface area contributed by atoms with Crippen LogP contribution in [-0.2, 0) is 14.3 Å². The van der Waals surface area contributed by atoms with Gasteiger partial charge in [-0.25, -0.2) is 4.79 Å². The molecular weight excluding hydrogens is 316 g/mol. The van der Waals surface area contributed by atoms with Crippen molar-refractivity contribution in [3.05, 3.63) is 58.8 Å². The second-order valence-corrected chi connectivity index (χ2v) is 6.33. The normalized spacial score (nSPS) is 22.9. The highest BCUT2D eigenvalue weighted by molar-refractivity contribution is 6.31. The molecule has 128 valence electrons. The molecule has 0 aromatic heterocycles. The Bertz CT molecular complexity index is 848. The van der Waals surface area contributed by atoms with E-state index >= 15 is 0 Å². The first-order valence-electron chi connectivity index (χ1n) is 8.68. The maximum atomic E-state index is 12.4. The zero-order valence-corrected chi connectivity index (χ0v) is 14.1. The van der Waals surface area contributed by atoms with E-state index < -0.39 is 6.04 Å². The lowest BCUT2D eigenvalue weighted by Crippen LogP contribution is -2.34. The maximum Gasteiger partial charge on any atom is 0.333 e. The number of hydrogen-bond donors (Lipinski definition) is 2. The Kier molecular flexibility index (Phi) is 3.92. The van der Waals surface area contributed by atoms with Gasteiger partial charge in [0.1, 0.15) is 0 Å². The van der Waals surface area contributed by atoms with Crippen molar-refractivity contribution in [3.8, 4) is 0 Å². The molecule has 0 saturated carbocycles. The van der Waals surface area contributed by atoms with E-state index in [2.05, 4.69) is 16.7 Å². The minimum Gasteiger partial charge on any atom is -0.464 e. The maximum absolute atomic E-state index is 12.4. The van der Waals surface area contributed by atoms with Crippen molar-refractivity contribution in [2.75, 3.05) is 11.9 Å². The van der Waals surface area contributed by atoms with Crippen molar-refractivity contribution in [1.82, 2.24) is 5.32 Å². The molecule has 0 saturated heterocycles. The van der Waals surface area contributed by atoms with E-state index in [1.54, 1.807) is 6.92 Å². The van der Waals surface area contributed by atoms with Gasteiger partial charge in [-0.05, 0) is 49.5 Å². The second-order valence-electron chi connectivity index (χ2n) is 6.33. The average molecular weight is 336 g/mol. The summed E-state index contributed by atoms with van der Waals surface area (Å²) in [5.41, 5.74) is 5.31. The standard InChI is InChI=1S/C20H20N2O3/c1-2-25-20(24)18-14-9-4-3-7-12(14)17(21-18)11-15-13-8-5-6-10-16(13)22-19(15)23/h5-6,8-11,18,21H,2-4,7H2,1H3,(H,22,23). The van der Waals surface area contributed by atoms with E-state index in [-0.39, 0.29) is 11.9 Å². The fourth-order valence-electron chi connectivity index (χ4n) is 3.67. The first-order valence-corrected chi connectivity index (χ1v) is 8.68. The van der Waals surface area contributed by atoms with Gasteiger partial charge in [-0.2, -0.15) is 0 Å². The van der Waals surface area contributed by atoms with Crippen LogP contribution >= 0.6 is 0 Å². The first kappa shape index (κ1) is 15.7. The monoisotopic (exact) mass is 336 g/mol. The number of carbonyl (C=O) groups excluding carboxylic acids is 2. The molecule has 5 heteroatoms. The molecule has 1 atom stereocenters. The number of amides is 1. The quantitative estimate of drug-likeness (QED) is 0.658. The third-order valence-electron chi connectivity index (χ3n) is 4.80. The van der Waals surface area contributed by atoms with Gasteiger partial charge in [-0.3, -0.25) is 4.79 Å². The van der Waals surface area contributed by atoms with E-state index in [1.165, 1.54) is 0 Å². The van der Waals surface area contributed by atoms with E-state index in [0.717, 1.165) is 47.4 Å². The van der Waals surface area contributed by atoms with Crippen LogP contribution in [0.2, 0.25) is 0 Å². The smallest absolute Gasteiger partial charge is 0.333 e. The molecule has 4 rings (SSSR count). The predicted molar refractivity (Wildman–Crippen MR) is 95.6 cm³/mol. The van der Waals surface area contributed by atoms with Crippen LogP contribution in [0.4, 0.5) is 5.69 Å². The molecule has 0 bridgehead atoms. The van der Waals surface area contributed by atoms with Crippen LogP contribution in [0, 0.1) is 0 Å². The molecule has 1 unspecified atom stereocenters. The van der Waals surface area contributed by atoms with Crippen molar-refractivity contribution in [1.29, 1.82) is 0 Å². The zero-order chi connectivity index (χ0) is 17.4. The molecule has 0 spiro atoms. The lowest BCUT2D eigenvalue weighted by Gasteiger charge is -2.16. The van der Waals surface area contributed by atoms with Crippen LogP contribution in [-0.4, -0.2) is 24.5 Å². The van der Waals surface area contributed by atoms with Crippen LogP contribution in [0.1, 0.15) is 31.7 Å². The highest BCUT2D eigenvalue weighted by Crippen LogP contribution is 2.38. The number of ether oxygens (including phenoxy) is 1. The number of para-hydroxylation sites is 1. The highest BCUT2D eigenvalue weighted by atomic mass is 16.5. The molecule has 0 radical (unpaired) electrons. The number of benzene rings is 1. The largest absolute Gasteiger partial charge is 0.464 e. The number of fused-ring (bicyclic) bond motifs is 2. The fraction of sp³-hybridized carbons (Fsp3) is 0.300. The molecule has 2 aliphatic heterocycles. The lowest BCUT2D eigenvalue weighted by molar-refractivity contribution is -0.144. The van der Waals surface area contributed by atoms with Crippen molar-refractivity contribution >= 4 is 23.1 Å². The topological polar surface area (TPSA) is 67.4 Å². The van der Waals surface area contributed by atoms with Crippen LogP contribution in [0.25, 0.3) is 5.57 Å². The number of anilines is 1. The van der Waals surface area contributed by atoms with Gasteiger partial charge in [0.15, 0.2) is 6.04 Å². The summed E-state index contributed by atoms with van der Waals surface area (Å²) in [7, 11) is 0. The van der Waals surface area contributed by atoms with E-state index in [1.807, 2.05) is 30.3 Å². The van der Waals surface area contributed by atoms with E-state index in [0.29, 0.717) is 12.2 Å². The van der Waals surface area contributed by atoms with Gasteiger partial charge < -0.3 is 15.4 Å². The van der Waals surface area contributed by atoms with Gasteiger partial charge in [0.05, 0.1) is 12.2 Å². The lowest BCUT2D eigenvalue weighted by atomic mass is 9.90. The Morgan fingerprint density at radius 3 is 3.04 bits per heavy atom. The Morgan fingerprint density at radius 1 is 1.36 bits per heavy atom. The molecule has 1 amide bonds. The first-order chi connectivity index (χ1) is 12.2. The molecule has 1 aromatic rings. The Balaban J connectivity index is 1.73. The molecule has 1 aromatic carbocycles. The van der Waals surface area contributed by atoms with E-state index in [4.69, 9.17) is 4.74 Å². The third-order valence-corrected chi connectivity index (χ3v) is 4.80. The Labute approximate surface area is 146 Å². The third kappa shape index (κ3) is 2.65. The van der Waals surface area contributed by atoms with Crippen LogP contribution in [0.5, 0.6) is 0 Å².